The Bertz CT molecular complexity index is 789. The van der Waals surface area contributed by atoms with Gasteiger partial charge in [-0.25, -0.2) is 4.79 Å². The van der Waals surface area contributed by atoms with E-state index in [1.165, 1.54) is 23.9 Å². The molecule has 0 atom stereocenters. The minimum atomic E-state index is -0.949. The number of hydrogen-bond acceptors (Lipinski definition) is 4. The third-order valence-electron chi connectivity index (χ3n) is 2.77. The maximum absolute atomic E-state index is 11.9. The summed E-state index contributed by atoms with van der Waals surface area (Å²) in [6, 6.07) is 8.44. The van der Waals surface area contributed by atoms with E-state index < -0.39 is 5.97 Å². The number of hydrogen-bond donors (Lipinski definition) is 2. The molecule has 0 aliphatic heterocycles. The third kappa shape index (κ3) is 2.28. The van der Waals surface area contributed by atoms with Crippen LogP contribution in [0.25, 0.3) is 10.1 Å². The standard InChI is InChI=1S/C14H9NO4S/c16-13(8-3-4-19-7-8)15-10-1-2-11-9(5-10)6-12(20-11)14(17)18/h1-7H,(H,15,16)(H,17,18). The van der Waals surface area contributed by atoms with Gasteiger partial charge in [-0.05, 0) is 35.7 Å². The minimum absolute atomic E-state index is 0.271. The second-order valence-electron chi connectivity index (χ2n) is 4.13. The van der Waals surface area contributed by atoms with Crippen molar-refractivity contribution in [3.63, 3.8) is 0 Å². The highest BCUT2D eigenvalue weighted by Crippen LogP contribution is 2.28. The van der Waals surface area contributed by atoms with Crippen LogP contribution in [0.3, 0.4) is 0 Å². The van der Waals surface area contributed by atoms with Crippen LogP contribution >= 0.6 is 11.3 Å². The zero-order valence-corrected chi connectivity index (χ0v) is 10.9. The highest BCUT2D eigenvalue weighted by molar-refractivity contribution is 7.20. The van der Waals surface area contributed by atoms with Crippen LogP contribution in [0, 0.1) is 0 Å². The summed E-state index contributed by atoms with van der Waals surface area (Å²) in [5, 5.41) is 12.5. The molecule has 2 heterocycles. The lowest BCUT2D eigenvalue weighted by molar-refractivity contribution is 0.0702. The van der Waals surface area contributed by atoms with Crippen LogP contribution in [0.15, 0.2) is 47.3 Å². The SMILES string of the molecule is O=C(Nc1ccc2sc(C(=O)O)cc2c1)c1ccoc1. The molecule has 20 heavy (non-hydrogen) atoms. The summed E-state index contributed by atoms with van der Waals surface area (Å²) >= 11 is 1.20. The summed E-state index contributed by atoms with van der Waals surface area (Å²) in [6.45, 7) is 0. The van der Waals surface area contributed by atoms with E-state index in [1.807, 2.05) is 0 Å². The first kappa shape index (κ1) is 12.4. The number of benzene rings is 1. The topological polar surface area (TPSA) is 79.5 Å². The van der Waals surface area contributed by atoms with Crippen LogP contribution in [0.2, 0.25) is 0 Å². The average Bonchev–Trinajstić information content (AvgIpc) is 3.07. The fourth-order valence-corrected chi connectivity index (χ4v) is 2.71. The minimum Gasteiger partial charge on any atom is -0.477 e. The van der Waals surface area contributed by atoms with Crippen LogP contribution in [0.4, 0.5) is 5.69 Å². The van der Waals surface area contributed by atoms with E-state index in [1.54, 1.807) is 30.3 Å². The molecule has 0 saturated heterocycles. The van der Waals surface area contributed by atoms with Gasteiger partial charge in [0, 0.05) is 10.4 Å². The molecule has 2 aromatic heterocycles. The van der Waals surface area contributed by atoms with Gasteiger partial charge in [0.1, 0.15) is 11.1 Å². The highest BCUT2D eigenvalue weighted by Gasteiger charge is 2.10. The number of carbonyl (C=O) groups excluding carboxylic acids is 1. The van der Waals surface area contributed by atoms with Gasteiger partial charge in [-0.3, -0.25) is 4.79 Å². The van der Waals surface area contributed by atoms with Gasteiger partial charge in [-0.15, -0.1) is 11.3 Å². The van der Waals surface area contributed by atoms with Crippen molar-refractivity contribution in [2.45, 2.75) is 0 Å². The van der Waals surface area contributed by atoms with E-state index >= 15 is 0 Å². The lowest BCUT2D eigenvalue weighted by Crippen LogP contribution is -2.10. The van der Waals surface area contributed by atoms with Crippen LogP contribution < -0.4 is 5.32 Å². The number of carboxylic acid groups (broad SMARTS) is 1. The Morgan fingerprint density at radius 2 is 2.05 bits per heavy atom. The van der Waals surface area contributed by atoms with Crippen molar-refractivity contribution in [2.75, 3.05) is 5.32 Å². The van der Waals surface area contributed by atoms with E-state index in [9.17, 15) is 9.59 Å². The molecule has 6 heteroatoms. The van der Waals surface area contributed by atoms with Crippen molar-refractivity contribution >= 4 is 39.0 Å². The molecule has 0 bridgehead atoms. The molecule has 100 valence electrons. The molecule has 1 amide bonds. The number of anilines is 1. The van der Waals surface area contributed by atoms with E-state index in [-0.39, 0.29) is 10.8 Å². The summed E-state index contributed by atoms with van der Waals surface area (Å²) in [6.07, 6.45) is 2.79. The molecule has 3 aromatic rings. The number of amides is 1. The number of furan rings is 1. The fraction of sp³-hybridized carbons (Fsp3) is 0. The first-order valence-electron chi connectivity index (χ1n) is 5.74. The van der Waals surface area contributed by atoms with Crippen LogP contribution in [0.1, 0.15) is 20.0 Å². The van der Waals surface area contributed by atoms with E-state index in [4.69, 9.17) is 9.52 Å². The number of rotatable bonds is 3. The number of carboxylic acids is 1. The molecule has 0 spiro atoms. The maximum Gasteiger partial charge on any atom is 0.345 e. The normalized spacial score (nSPS) is 10.6. The Morgan fingerprint density at radius 1 is 1.20 bits per heavy atom. The van der Waals surface area contributed by atoms with E-state index in [2.05, 4.69) is 5.32 Å². The molecule has 0 radical (unpaired) electrons. The van der Waals surface area contributed by atoms with Crippen molar-refractivity contribution in [2.24, 2.45) is 0 Å². The van der Waals surface area contributed by atoms with Gasteiger partial charge in [0.15, 0.2) is 0 Å². The summed E-state index contributed by atoms with van der Waals surface area (Å²) in [5.41, 5.74) is 1.04. The first-order valence-corrected chi connectivity index (χ1v) is 6.55. The smallest absolute Gasteiger partial charge is 0.345 e. The van der Waals surface area contributed by atoms with Crippen LogP contribution in [0.5, 0.6) is 0 Å². The van der Waals surface area contributed by atoms with Gasteiger partial charge in [0.05, 0.1) is 11.8 Å². The van der Waals surface area contributed by atoms with E-state index in [0.717, 1.165) is 10.1 Å². The monoisotopic (exact) mass is 287 g/mol. The molecule has 0 aliphatic rings. The summed E-state index contributed by atoms with van der Waals surface area (Å²) < 4.78 is 5.71. The summed E-state index contributed by atoms with van der Waals surface area (Å²) in [5.74, 6) is -1.22. The Morgan fingerprint density at radius 3 is 2.75 bits per heavy atom. The van der Waals surface area contributed by atoms with Gasteiger partial charge in [0.25, 0.3) is 5.91 Å². The van der Waals surface area contributed by atoms with Gasteiger partial charge in [-0.2, -0.15) is 0 Å². The predicted octanol–water partition coefficient (Wildman–Crippen LogP) is 3.44. The lowest BCUT2D eigenvalue weighted by atomic mass is 10.2. The molecule has 0 saturated carbocycles. The number of fused-ring (bicyclic) bond motifs is 1. The highest BCUT2D eigenvalue weighted by atomic mass is 32.1. The largest absolute Gasteiger partial charge is 0.477 e. The molecule has 1 aromatic carbocycles. The number of carbonyl (C=O) groups is 2. The van der Waals surface area contributed by atoms with Crippen LogP contribution in [-0.2, 0) is 0 Å². The van der Waals surface area contributed by atoms with Gasteiger partial charge in [-0.1, -0.05) is 0 Å². The second-order valence-corrected chi connectivity index (χ2v) is 5.22. The van der Waals surface area contributed by atoms with Crippen molar-refractivity contribution in [1.82, 2.24) is 0 Å². The Kier molecular flexibility index (Phi) is 3.00. The molecular weight excluding hydrogens is 278 g/mol. The quantitative estimate of drug-likeness (QED) is 0.773. The van der Waals surface area contributed by atoms with Crippen molar-refractivity contribution in [3.8, 4) is 0 Å². The third-order valence-corrected chi connectivity index (χ3v) is 3.87. The summed E-state index contributed by atoms with van der Waals surface area (Å²) in [4.78, 5) is 23.1. The Hall–Kier alpha value is -2.60. The maximum atomic E-state index is 11.9. The van der Waals surface area contributed by atoms with Crippen molar-refractivity contribution in [3.05, 3.63) is 53.3 Å². The van der Waals surface area contributed by atoms with Gasteiger partial charge >= 0.3 is 5.97 Å². The number of aromatic carboxylic acids is 1. The first-order chi connectivity index (χ1) is 9.63. The zero-order chi connectivity index (χ0) is 14.1. The molecule has 3 rings (SSSR count). The average molecular weight is 287 g/mol. The number of nitrogens with one attached hydrogen (secondary N) is 1. The fourth-order valence-electron chi connectivity index (χ4n) is 1.82. The molecule has 0 unspecified atom stereocenters. The zero-order valence-electron chi connectivity index (χ0n) is 10.1. The lowest BCUT2D eigenvalue weighted by Gasteiger charge is -2.03. The Balaban J connectivity index is 1.89. The van der Waals surface area contributed by atoms with Crippen LogP contribution in [-0.4, -0.2) is 17.0 Å². The van der Waals surface area contributed by atoms with Crippen molar-refractivity contribution < 1.29 is 19.1 Å². The molecule has 0 fully saturated rings. The second kappa shape index (κ2) is 4.82. The van der Waals surface area contributed by atoms with E-state index in [0.29, 0.717) is 11.3 Å². The molecule has 5 nitrogen and oxygen atoms in total. The molecule has 0 aliphatic carbocycles. The molecular formula is C14H9NO4S. The number of thiophene rings is 1. The predicted molar refractivity (Wildman–Crippen MR) is 75.4 cm³/mol. The molecule has 2 N–H and O–H groups in total. The van der Waals surface area contributed by atoms with Gasteiger partial charge < -0.3 is 14.8 Å². The van der Waals surface area contributed by atoms with Crippen molar-refractivity contribution in [1.29, 1.82) is 0 Å². The summed E-state index contributed by atoms with van der Waals surface area (Å²) in [7, 11) is 0. The Labute approximate surface area is 117 Å². The van der Waals surface area contributed by atoms with Gasteiger partial charge in [0.2, 0.25) is 0 Å².